The highest BCUT2D eigenvalue weighted by Gasteiger charge is 2.33. The first-order chi connectivity index (χ1) is 11.8. The number of aromatic hydroxyl groups is 1. The first-order valence-corrected chi connectivity index (χ1v) is 6.94. The topological polar surface area (TPSA) is 85.2 Å². The second kappa shape index (κ2) is 7.40. The minimum Gasteiger partial charge on any atom is -0.508 e. The van der Waals surface area contributed by atoms with Gasteiger partial charge in [-0.05, 0) is 36.4 Å². The fourth-order valence-electron chi connectivity index (χ4n) is 1.90. The lowest BCUT2D eigenvalue weighted by molar-refractivity contribution is -0.136. The monoisotopic (exact) mass is 347 g/mol. The quantitative estimate of drug-likeness (QED) is 0.445. The number of nitrogens with zero attached hydrogens (tertiary/aromatic N) is 1. The summed E-state index contributed by atoms with van der Waals surface area (Å²) in [5.41, 5.74) is -1.28. The molecule has 0 aliphatic heterocycles. The first kappa shape index (κ1) is 17.9. The van der Waals surface area contributed by atoms with Gasteiger partial charge in [0.2, 0.25) is 0 Å². The van der Waals surface area contributed by atoms with Crippen LogP contribution in [0.3, 0.4) is 0 Å². The van der Waals surface area contributed by atoms with Crippen LogP contribution in [-0.4, -0.2) is 11.0 Å². The molecule has 25 heavy (non-hydrogen) atoms. The van der Waals surface area contributed by atoms with Gasteiger partial charge in [-0.3, -0.25) is 4.79 Å². The number of anilines is 2. The van der Waals surface area contributed by atoms with Crippen molar-refractivity contribution in [1.29, 1.82) is 5.26 Å². The average molecular weight is 347 g/mol. The van der Waals surface area contributed by atoms with E-state index in [0.29, 0.717) is 5.69 Å². The van der Waals surface area contributed by atoms with Gasteiger partial charge in [-0.2, -0.15) is 18.4 Å². The Morgan fingerprint density at radius 3 is 2.36 bits per heavy atom. The predicted octanol–water partition coefficient (Wildman–Crippen LogP) is 3.87. The maximum atomic E-state index is 12.9. The third-order valence-electron chi connectivity index (χ3n) is 3.09. The standard InChI is InChI=1S/C17H12F3N3O2/c18-17(19,20)14-3-1-2-4-15(14)22-10-11(9-21)16(25)23-12-5-7-13(24)8-6-12/h1-8,10,22,24H,(H,23,25)/b11-10-. The number of hydrogen-bond donors (Lipinski definition) is 3. The molecule has 0 spiro atoms. The van der Waals surface area contributed by atoms with Gasteiger partial charge < -0.3 is 15.7 Å². The van der Waals surface area contributed by atoms with E-state index in [0.717, 1.165) is 12.3 Å². The SMILES string of the molecule is N#C/C(=C/Nc1ccccc1C(F)(F)F)C(=O)Nc1ccc(O)cc1. The van der Waals surface area contributed by atoms with Crippen molar-refractivity contribution < 1.29 is 23.1 Å². The lowest BCUT2D eigenvalue weighted by atomic mass is 10.1. The van der Waals surface area contributed by atoms with Crippen LogP contribution in [0.1, 0.15) is 5.56 Å². The summed E-state index contributed by atoms with van der Waals surface area (Å²) >= 11 is 0. The van der Waals surface area contributed by atoms with Crippen LogP contribution in [0.5, 0.6) is 5.75 Å². The van der Waals surface area contributed by atoms with Gasteiger partial charge in [0.15, 0.2) is 0 Å². The molecule has 0 fully saturated rings. The van der Waals surface area contributed by atoms with Gasteiger partial charge in [0.25, 0.3) is 5.91 Å². The molecular formula is C17H12F3N3O2. The maximum absolute atomic E-state index is 12.9. The van der Waals surface area contributed by atoms with E-state index in [9.17, 15) is 18.0 Å². The smallest absolute Gasteiger partial charge is 0.418 e. The molecule has 0 unspecified atom stereocenters. The molecule has 128 valence electrons. The van der Waals surface area contributed by atoms with E-state index in [-0.39, 0.29) is 11.4 Å². The Hall–Kier alpha value is -3.47. The largest absolute Gasteiger partial charge is 0.508 e. The van der Waals surface area contributed by atoms with Crippen molar-refractivity contribution in [2.45, 2.75) is 6.18 Å². The van der Waals surface area contributed by atoms with E-state index in [4.69, 9.17) is 10.4 Å². The summed E-state index contributed by atoms with van der Waals surface area (Å²) in [4.78, 5) is 12.0. The molecule has 0 saturated carbocycles. The summed E-state index contributed by atoms with van der Waals surface area (Å²) in [6.45, 7) is 0. The Labute approximate surface area is 141 Å². The Balaban J connectivity index is 2.17. The second-order valence-electron chi connectivity index (χ2n) is 4.86. The van der Waals surface area contributed by atoms with Gasteiger partial charge in [-0.15, -0.1) is 0 Å². The molecule has 0 aliphatic carbocycles. The highest BCUT2D eigenvalue weighted by atomic mass is 19.4. The number of alkyl halides is 3. The summed E-state index contributed by atoms with van der Waals surface area (Å²) in [6.07, 6.45) is -3.67. The van der Waals surface area contributed by atoms with Gasteiger partial charge in [-0.1, -0.05) is 12.1 Å². The van der Waals surface area contributed by atoms with E-state index >= 15 is 0 Å². The first-order valence-electron chi connectivity index (χ1n) is 6.94. The number of carbonyl (C=O) groups is 1. The molecular weight excluding hydrogens is 335 g/mol. The lowest BCUT2D eigenvalue weighted by Gasteiger charge is -2.12. The summed E-state index contributed by atoms with van der Waals surface area (Å²) in [6, 6.07) is 11.8. The summed E-state index contributed by atoms with van der Waals surface area (Å²) in [5, 5.41) is 23.0. The number of halogens is 3. The van der Waals surface area contributed by atoms with Gasteiger partial charge in [0.1, 0.15) is 17.4 Å². The number of hydrogen-bond acceptors (Lipinski definition) is 4. The lowest BCUT2D eigenvalue weighted by Crippen LogP contribution is -2.15. The zero-order valence-corrected chi connectivity index (χ0v) is 12.6. The number of benzene rings is 2. The van der Waals surface area contributed by atoms with Crippen molar-refractivity contribution >= 4 is 17.3 Å². The predicted molar refractivity (Wildman–Crippen MR) is 85.5 cm³/mol. The van der Waals surface area contributed by atoms with Crippen LogP contribution in [-0.2, 0) is 11.0 Å². The molecule has 2 aromatic carbocycles. The van der Waals surface area contributed by atoms with Gasteiger partial charge >= 0.3 is 6.18 Å². The molecule has 3 N–H and O–H groups in total. The molecule has 0 aromatic heterocycles. The van der Waals surface area contributed by atoms with E-state index in [1.54, 1.807) is 6.07 Å². The van der Waals surface area contributed by atoms with Crippen LogP contribution in [0, 0.1) is 11.3 Å². The molecule has 8 heteroatoms. The summed E-state index contributed by atoms with van der Waals surface area (Å²) < 4.78 is 38.7. The van der Waals surface area contributed by atoms with Crippen molar-refractivity contribution in [2.75, 3.05) is 10.6 Å². The minimum atomic E-state index is -4.57. The zero-order chi connectivity index (χ0) is 18.4. The fraction of sp³-hybridized carbons (Fsp3) is 0.0588. The van der Waals surface area contributed by atoms with E-state index < -0.39 is 23.2 Å². The third-order valence-corrected chi connectivity index (χ3v) is 3.09. The molecule has 0 atom stereocenters. The van der Waals surface area contributed by atoms with Crippen LogP contribution in [0.4, 0.5) is 24.5 Å². The summed E-state index contributed by atoms with van der Waals surface area (Å²) in [7, 11) is 0. The van der Waals surface area contributed by atoms with Crippen LogP contribution in [0.15, 0.2) is 60.3 Å². The van der Waals surface area contributed by atoms with E-state index in [2.05, 4.69) is 10.6 Å². The average Bonchev–Trinajstić information content (AvgIpc) is 2.57. The number of phenols is 1. The van der Waals surface area contributed by atoms with Crippen molar-refractivity contribution in [3.8, 4) is 11.8 Å². The van der Waals surface area contributed by atoms with Gasteiger partial charge in [0.05, 0.1) is 11.3 Å². The number of nitrogens with one attached hydrogen (secondary N) is 2. The van der Waals surface area contributed by atoms with Crippen molar-refractivity contribution in [1.82, 2.24) is 0 Å². The molecule has 0 aliphatic rings. The van der Waals surface area contributed by atoms with Gasteiger partial charge in [-0.25, -0.2) is 0 Å². The summed E-state index contributed by atoms with van der Waals surface area (Å²) in [5.74, 6) is -0.801. The Morgan fingerprint density at radius 2 is 1.76 bits per heavy atom. The highest BCUT2D eigenvalue weighted by molar-refractivity contribution is 6.06. The Kier molecular flexibility index (Phi) is 5.29. The third kappa shape index (κ3) is 4.75. The molecule has 5 nitrogen and oxygen atoms in total. The van der Waals surface area contributed by atoms with Crippen LogP contribution >= 0.6 is 0 Å². The highest BCUT2D eigenvalue weighted by Crippen LogP contribution is 2.34. The molecule has 0 bridgehead atoms. The van der Waals surface area contributed by atoms with Crippen molar-refractivity contribution in [3.05, 3.63) is 65.9 Å². The normalized spacial score (nSPS) is 11.5. The zero-order valence-electron chi connectivity index (χ0n) is 12.6. The van der Waals surface area contributed by atoms with Crippen LogP contribution < -0.4 is 10.6 Å². The number of rotatable bonds is 4. The Bertz CT molecular complexity index is 837. The number of carbonyl (C=O) groups excluding carboxylic acids is 1. The maximum Gasteiger partial charge on any atom is 0.418 e. The van der Waals surface area contributed by atoms with E-state index in [1.165, 1.54) is 42.5 Å². The number of nitriles is 1. The second-order valence-corrected chi connectivity index (χ2v) is 4.86. The number of para-hydroxylation sites is 1. The molecule has 0 heterocycles. The molecule has 2 rings (SSSR count). The van der Waals surface area contributed by atoms with Crippen molar-refractivity contribution in [3.63, 3.8) is 0 Å². The number of phenolic OH excluding ortho intramolecular Hbond substituents is 1. The molecule has 1 amide bonds. The van der Waals surface area contributed by atoms with Crippen molar-refractivity contribution in [2.24, 2.45) is 0 Å². The van der Waals surface area contributed by atoms with Crippen LogP contribution in [0.25, 0.3) is 0 Å². The van der Waals surface area contributed by atoms with Gasteiger partial charge in [0, 0.05) is 11.9 Å². The molecule has 0 saturated heterocycles. The van der Waals surface area contributed by atoms with E-state index in [1.807, 2.05) is 0 Å². The fourth-order valence-corrected chi connectivity index (χ4v) is 1.90. The molecule has 2 aromatic rings. The number of amides is 1. The molecule has 0 radical (unpaired) electrons. The minimum absolute atomic E-state index is 0.000489. The van der Waals surface area contributed by atoms with Crippen LogP contribution in [0.2, 0.25) is 0 Å². The Morgan fingerprint density at radius 1 is 1.12 bits per heavy atom.